The third kappa shape index (κ3) is 2.87. The van der Waals surface area contributed by atoms with E-state index in [4.69, 9.17) is 0 Å². The van der Waals surface area contributed by atoms with E-state index in [0.29, 0.717) is 6.54 Å². The highest BCUT2D eigenvalue weighted by molar-refractivity contribution is 5.01. The molecule has 70 valence electrons. The Morgan fingerprint density at radius 1 is 1.62 bits per heavy atom. The molecule has 0 spiro atoms. The average molecular weight is 178 g/mol. The molecule has 0 aromatic carbocycles. The van der Waals surface area contributed by atoms with Crippen LogP contribution in [0.5, 0.6) is 0 Å². The van der Waals surface area contributed by atoms with Crippen LogP contribution in [0.2, 0.25) is 0 Å². The molecule has 0 amide bonds. The second kappa shape index (κ2) is 4.62. The van der Waals surface area contributed by atoms with Crippen molar-refractivity contribution in [3.63, 3.8) is 0 Å². The summed E-state index contributed by atoms with van der Waals surface area (Å²) in [5, 5.41) is 2.99. The first-order valence-electron chi connectivity index (χ1n) is 4.21. The Hall–Kier alpha value is -1.35. The number of likely N-dealkylation sites (N-methyl/N-ethyl adjacent to an activating group) is 1. The molecule has 0 aliphatic heterocycles. The molecule has 13 heavy (non-hydrogen) atoms. The van der Waals surface area contributed by atoms with Crippen LogP contribution in [-0.4, -0.2) is 18.2 Å². The van der Waals surface area contributed by atoms with Crippen molar-refractivity contribution >= 4 is 0 Å². The van der Waals surface area contributed by atoms with E-state index in [1.165, 1.54) is 0 Å². The molecule has 0 fully saturated rings. The van der Waals surface area contributed by atoms with Crippen LogP contribution in [0.15, 0.2) is 41.3 Å². The van der Waals surface area contributed by atoms with Gasteiger partial charge in [-0.1, -0.05) is 12.6 Å². The lowest BCUT2D eigenvalue weighted by atomic mass is 10.3. The predicted molar refractivity (Wildman–Crippen MR) is 53.8 cm³/mol. The highest BCUT2D eigenvalue weighted by Crippen LogP contribution is 1.92. The van der Waals surface area contributed by atoms with Gasteiger partial charge in [0.05, 0.1) is 0 Å². The number of hydrogen-bond acceptors (Lipinski definition) is 2. The van der Waals surface area contributed by atoms with Crippen LogP contribution in [0.4, 0.5) is 0 Å². The third-order valence-electron chi connectivity index (χ3n) is 1.72. The van der Waals surface area contributed by atoms with Crippen LogP contribution in [-0.2, 0) is 6.54 Å². The number of rotatable bonds is 4. The zero-order valence-corrected chi connectivity index (χ0v) is 7.79. The van der Waals surface area contributed by atoms with Crippen LogP contribution in [0.3, 0.4) is 0 Å². The van der Waals surface area contributed by atoms with Gasteiger partial charge >= 0.3 is 0 Å². The molecule has 3 heteroatoms. The van der Waals surface area contributed by atoms with E-state index in [9.17, 15) is 4.79 Å². The van der Waals surface area contributed by atoms with E-state index < -0.39 is 0 Å². The topological polar surface area (TPSA) is 34.0 Å². The third-order valence-corrected chi connectivity index (χ3v) is 1.72. The Labute approximate surface area is 77.7 Å². The van der Waals surface area contributed by atoms with E-state index in [1.807, 2.05) is 13.1 Å². The molecule has 0 bridgehead atoms. The fourth-order valence-corrected chi connectivity index (χ4v) is 1.14. The summed E-state index contributed by atoms with van der Waals surface area (Å²) in [6.07, 6.45) is 1.77. The quantitative estimate of drug-likeness (QED) is 0.686. The maximum absolute atomic E-state index is 11.3. The summed E-state index contributed by atoms with van der Waals surface area (Å²) < 4.78 is 1.64. The van der Waals surface area contributed by atoms with Crippen molar-refractivity contribution in [2.24, 2.45) is 0 Å². The minimum atomic E-state index is 0.0137. The minimum Gasteiger partial charge on any atom is -0.316 e. The molecule has 1 heterocycles. The Kier molecular flexibility index (Phi) is 3.46. The van der Waals surface area contributed by atoms with Gasteiger partial charge < -0.3 is 9.88 Å². The lowest BCUT2D eigenvalue weighted by Gasteiger charge is -2.06. The zero-order valence-electron chi connectivity index (χ0n) is 7.79. The maximum atomic E-state index is 11.3. The summed E-state index contributed by atoms with van der Waals surface area (Å²) >= 11 is 0. The van der Waals surface area contributed by atoms with Crippen molar-refractivity contribution in [1.82, 2.24) is 9.88 Å². The lowest BCUT2D eigenvalue weighted by Crippen LogP contribution is -2.21. The van der Waals surface area contributed by atoms with E-state index >= 15 is 0 Å². The summed E-state index contributed by atoms with van der Waals surface area (Å²) in [5.74, 6) is 0. The average Bonchev–Trinajstić information content (AvgIpc) is 2.09. The number of aromatic nitrogens is 1. The van der Waals surface area contributed by atoms with Crippen LogP contribution in [0, 0.1) is 0 Å². The Morgan fingerprint density at radius 3 is 3.00 bits per heavy atom. The van der Waals surface area contributed by atoms with Crippen LogP contribution in [0.25, 0.3) is 0 Å². The molecule has 3 nitrogen and oxygen atoms in total. The van der Waals surface area contributed by atoms with Crippen molar-refractivity contribution in [2.75, 3.05) is 13.6 Å². The van der Waals surface area contributed by atoms with Gasteiger partial charge in [-0.3, -0.25) is 4.79 Å². The van der Waals surface area contributed by atoms with Gasteiger partial charge in [-0.2, -0.15) is 0 Å². The van der Waals surface area contributed by atoms with E-state index in [1.54, 1.807) is 22.9 Å². The number of hydrogen-bond donors (Lipinski definition) is 1. The molecule has 0 aliphatic carbocycles. The highest BCUT2D eigenvalue weighted by Gasteiger charge is 1.95. The highest BCUT2D eigenvalue weighted by atomic mass is 16.1. The maximum Gasteiger partial charge on any atom is 0.250 e. The Bertz CT molecular complexity index is 341. The number of nitrogens with zero attached hydrogens (tertiary/aromatic N) is 1. The van der Waals surface area contributed by atoms with Gasteiger partial charge in [-0.05, 0) is 18.7 Å². The van der Waals surface area contributed by atoms with Gasteiger partial charge in [0.15, 0.2) is 0 Å². The lowest BCUT2D eigenvalue weighted by molar-refractivity contribution is 0.711. The molecular weight excluding hydrogens is 164 g/mol. The van der Waals surface area contributed by atoms with Crippen LogP contribution >= 0.6 is 0 Å². The van der Waals surface area contributed by atoms with E-state index in [-0.39, 0.29) is 5.56 Å². The molecule has 0 saturated heterocycles. The normalized spacial score (nSPS) is 9.92. The van der Waals surface area contributed by atoms with Crippen molar-refractivity contribution in [3.8, 4) is 0 Å². The molecular formula is C10H14N2O. The van der Waals surface area contributed by atoms with Gasteiger partial charge in [0, 0.05) is 25.4 Å². The van der Waals surface area contributed by atoms with Crippen molar-refractivity contribution in [2.45, 2.75) is 6.54 Å². The summed E-state index contributed by atoms with van der Waals surface area (Å²) in [6.45, 7) is 5.18. The molecule has 0 atom stereocenters. The van der Waals surface area contributed by atoms with E-state index in [0.717, 1.165) is 12.1 Å². The summed E-state index contributed by atoms with van der Waals surface area (Å²) in [4.78, 5) is 11.3. The van der Waals surface area contributed by atoms with E-state index in [2.05, 4.69) is 11.9 Å². The predicted octanol–water partition coefficient (Wildman–Crippen LogP) is 0.624. The summed E-state index contributed by atoms with van der Waals surface area (Å²) in [6, 6.07) is 5.13. The smallest absolute Gasteiger partial charge is 0.250 e. The van der Waals surface area contributed by atoms with Crippen molar-refractivity contribution < 1.29 is 0 Å². The largest absolute Gasteiger partial charge is 0.316 e. The first-order valence-corrected chi connectivity index (χ1v) is 4.21. The molecule has 0 aliphatic rings. The first-order chi connectivity index (χ1) is 6.24. The molecule has 0 unspecified atom stereocenters. The standard InChI is InChI=1S/C10H14N2O/c1-9(7-11-2)8-12-6-4-3-5-10(12)13/h3-6,11H,1,7-8H2,2H3. The number of nitrogens with one attached hydrogen (secondary N) is 1. The second-order valence-corrected chi connectivity index (χ2v) is 2.95. The van der Waals surface area contributed by atoms with Gasteiger partial charge in [0.1, 0.15) is 0 Å². The minimum absolute atomic E-state index is 0.0137. The second-order valence-electron chi connectivity index (χ2n) is 2.95. The Balaban J connectivity index is 2.69. The molecule has 1 aromatic rings. The molecule has 1 aromatic heterocycles. The van der Waals surface area contributed by atoms with Crippen LogP contribution in [0.1, 0.15) is 0 Å². The monoisotopic (exact) mass is 178 g/mol. The molecule has 1 N–H and O–H groups in total. The summed E-state index contributed by atoms with van der Waals surface area (Å²) in [5.41, 5.74) is 1.01. The SMILES string of the molecule is C=C(CNC)Cn1ccccc1=O. The van der Waals surface area contributed by atoms with Gasteiger partial charge in [-0.25, -0.2) is 0 Å². The summed E-state index contributed by atoms with van der Waals surface area (Å²) in [7, 11) is 1.86. The van der Waals surface area contributed by atoms with Crippen molar-refractivity contribution in [3.05, 3.63) is 46.9 Å². The van der Waals surface area contributed by atoms with Crippen LogP contribution < -0.4 is 10.9 Å². The molecule has 0 radical (unpaired) electrons. The fraction of sp³-hybridized carbons (Fsp3) is 0.300. The zero-order chi connectivity index (χ0) is 9.68. The molecule has 1 rings (SSSR count). The first kappa shape index (κ1) is 9.74. The van der Waals surface area contributed by atoms with Crippen molar-refractivity contribution in [1.29, 1.82) is 0 Å². The van der Waals surface area contributed by atoms with Gasteiger partial charge in [0.2, 0.25) is 0 Å². The van der Waals surface area contributed by atoms with Gasteiger partial charge in [-0.15, -0.1) is 0 Å². The fourth-order valence-electron chi connectivity index (χ4n) is 1.14. The Morgan fingerprint density at radius 2 is 2.38 bits per heavy atom. The number of pyridine rings is 1. The van der Waals surface area contributed by atoms with Gasteiger partial charge in [0.25, 0.3) is 5.56 Å². The molecule has 0 saturated carbocycles.